The first kappa shape index (κ1) is 30.4. The third-order valence-electron chi connectivity index (χ3n) is 11.7. The molecule has 2 aromatic heterocycles. The van der Waals surface area contributed by atoms with Crippen LogP contribution >= 0.6 is 11.8 Å². The molecular weight excluding hydrogens is 585 g/mol. The van der Waals surface area contributed by atoms with Gasteiger partial charge in [0.2, 0.25) is 0 Å². The molecule has 45 heavy (non-hydrogen) atoms. The number of carbonyl (C=O) groups is 1. The number of aromatic nitrogens is 3. The minimum Gasteiger partial charge on any atom is -0.432 e. The third-order valence-corrected chi connectivity index (χ3v) is 12.6. The molecular formula is C37H42FN3O3S. The second kappa shape index (κ2) is 11.5. The standard InChI is InChI=1S/C37H42FN3O3S/c1-5-6-7-33-22(2)40-35(44-33)45-21-32(43)29-16-15-28-27-14-8-24-9-17-30-23(20-39-41(30)26-12-10-25(38)11-13-26)18-36(24,3)34(27)31(42)19-37(28,29)4/h5-7,9-13,20,27-29,31,34,42H,1,8,14-19,21H2,2-4H3/b7-6-. The van der Waals surface area contributed by atoms with Gasteiger partial charge < -0.3 is 9.52 Å². The number of aryl methyl sites for hydroxylation is 1. The van der Waals surface area contributed by atoms with Crippen LogP contribution < -0.4 is 0 Å². The maximum absolute atomic E-state index is 13.8. The molecule has 0 radical (unpaired) electrons. The van der Waals surface area contributed by atoms with Crippen molar-refractivity contribution >= 4 is 23.6 Å². The molecule has 3 saturated carbocycles. The number of rotatable bonds is 7. The van der Waals surface area contributed by atoms with Crippen molar-refractivity contribution in [3.05, 3.63) is 89.4 Å². The van der Waals surface area contributed by atoms with Crippen LogP contribution in [0, 0.1) is 47.2 Å². The summed E-state index contributed by atoms with van der Waals surface area (Å²) in [6.07, 6.45) is 15.5. The first-order chi connectivity index (χ1) is 21.6. The molecule has 4 aliphatic rings. The Hall–Kier alpha value is -3.23. The number of thioether (sulfide) groups is 1. The number of carbonyl (C=O) groups excluding carboxylic acids is 1. The zero-order chi connectivity index (χ0) is 31.5. The van der Waals surface area contributed by atoms with Gasteiger partial charge in [-0.2, -0.15) is 5.10 Å². The second-order valence-corrected chi connectivity index (χ2v) is 15.0. The zero-order valence-corrected chi connectivity index (χ0v) is 27.2. The average Bonchev–Trinajstić information content (AvgIpc) is 3.65. The molecule has 0 saturated heterocycles. The largest absolute Gasteiger partial charge is 0.432 e. The van der Waals surface area contributed by atoms with Gasteiger partial charge in [0.25, 0.3) is 5.22 Å². The number of hydrogen-bond acceptors (Lipinski definition) is 6. The van der Waals surface area contributed by atoms with E-state index in [2.05, 4.69) is 31.5 Å². The molecule has 7 rings (SSSR count). The maximum atomic E-state index is 13.8. The SMILES string of the molecule is C=C/C=C\c1oc(SCC(=O)C2CCC3C4CCC5=CCc6c(cnn6-c6ccc(F)cc6)CC5(C)C4C(O)CC23C)nc1C. The molecule has 0 amide bonds. The number of aliphatic hydroxyl groups is 1. The Morgan fingerprint density at radius 2 is 2.04 bits per heavy atom. The van der Waals surface area contributed by atoms with Crippen molar-refractivity contribution in [2.24, 2.45) is 34.5 Å². The minimum absolute atomic E-state index is 0.0683. The van der Waals surface area contributed by atoms with E-state index in [1.165, 1.54) is 35.0 Å². The van der Waals surface area contributed by atoms with Gasteiger partial charge in [0.15, 0.2) is 5.76 Å². The Balaban J connectivity index is 1.10. The van der Waals surface area contributed by atoms with E-state index in [1.807, 2.05) is 30.0 Å². The molecule has 7 unspecified atom stereocenters. The predicted molar refractivity (Wildman–Crippen MR) is 174 cm³/mol. The van der Waals surface area contributed by atoms with Gasteiger partial charge in [0, 0.05) is 12.3 Å². The highest BCUT2D eigenvalue weighted by molar-refractivity contribution is 7.99. The monoisotopic (exact) mass is 627 g/mol. The number of aliphatic hydroxyl groups excluding tert-OH is 1. The fraction of sp³-hybridized carbons (Fsp3) is 0.486. The maximum Gasteiger partial charge on any atom is 0.256 e. The lowest BCUT2D eigenvalue weighted by Gasteiger charge is -2.59. The van der Waals surface area contributed by atoms with E-state index in [9.17, 15) is 14.3 Å². The quantitative estimate of drug-likeness (QED) is 0.164. The van der Waals surface area contributed by atoms with Crippen molar-refractivity contribution < 1.29 is 18.7 Å². The summed E-state index contributed by atoms with van der Waals surface area (Å²) in [5.74, 6) is 1.84. The van der Waals surface area contributed by atoms with Crippen LogP contribution in [0.1, 0.15) is 68.7 Å². The van der Waals surface area contributed by atoms with E-state index in [-0.39, 0.29) is 34.3 Å². The van der Waals surface area contributed by atoms with Crippen LogP contribution in [-0.4, -0.2) is 37.5 Å². The van der Waals surface area contributed by atoms with Gasteiger partial charge in [-0.15, -0.1) is 0 Å². The summed E-state index contributed by atoms with van der Waals surface area (Å²) in [5, 5.41) is 17.3. The average molecular weight is 628 g/mol. The molecule has 0 aliphatic heterocycles. The molecule has 4 aliphatic carbocycles. The highest BCUT2D eigenvalue weighted by Crippen LogP contribution is 2.66. The molecule has 3 fully saturated rings. The van der Waals surface area contributed by atoms with Gasteiger partial charge in [0.05, 0.1) is 35.1 Å². The number of hydrogen-bond donors (Lipinski definition) is 1. The van der Waals surface area contributed by atoms with Gasteiger partial charge in [-0.3, -0.25) is 4.79 Å². The van der Waals surface area contributed by atoms with Crippen LogP contribution in [0.4, 0.5) is 4.39 Å². The lowest BCUT2D eigenvalue weighted by Crippen LogP contribution is -2.57. The van der Waals surface area contributed by atoms with Crippen LogP contribution in [-0.2, 0) is 17.6 Å². The van der Waals surface area contributed by atoms with Crippen molar-refractivity contribution in [3.63, 3.8) is 0 Å². The van der Waals surface area contributed by atoms with Crippen molar-refractivity contribution in [1.82, 2.24) is 14.8 Å². The fourth-order valence-corrected chi connectivity index (χ4v) is 10.6. The fourth-order valence-electron chi connectivity index (χ4n) is 9.75. The number of halogens is 1. The topological polar surface area (TPSA) is 81.2 Å². The summed E-state index contributed by atoms with van der Waals surface area (Å²) < 4.78 is 21.5. The molecule has 1 N–H and O–H groups in total. The number of fused-ring (bicyclic) bond motifs is 6. The molecule has 6 nitrogen and oxygen atoms in total. The molecule has 7 atom stereocenters. The van der Waals surface area contributed by atoms with Crippen LogP contribution in [0.2, 0.25) is 0 Å². The van der Waals surface area contributed by atoms with E-state index < -0.39 is 6.10 Å². The molecule has 2 heterocycles. The summed E-state index contributed by atoms with van der Waals surface area (Å²) >= 11 is 1.37. The smallest absolute Gasteiger partial charge is 0.256 e. The Labute approximate surface area is 268 Å². The molecule has 8 heteroatoms. The molecule has 1 aromatic carbocycles. The van der Waals surface area contributed by atoms with Crippen LogP contribution in [0.5, 0.6) is 0 Å². The normalized spacial score (nSPS) is 32.3. The minimum atomic E-state index is -0.478. The van der Waals surface area contributed by atoms with Crippen molar-refractivity contribution in [2.75, 3.05) is 5.75 Å². The van der Waals surface area contributed by atoms with Crippen LogP contribution in [0.15, 0.2) is 70.5 Å². The third kappa shape index (κ3) is 5.09. The van der Waals surface area contributed by atoms with E-state index in [0.29, 0.717) is 35.0 Å². The Kier molecular flexibility index (Phi) is 7.80. The number of ketones is 1. The number of Topliss-reactive ketones (excluding diaryl/α,β-unsaturated/α-hetero) is 1. The first-order valence-corrected chi connectivity index (χ1v) is 17.2. The first-order valence-electron chi connectivity index (χ1n) is 16.2. The van der Waals surface area contributed by atoms with E-state index >= 15 is 0 Å². The summed E-state index contributed by atoms with van der Waals surface area (Å²) in [7, 11) is 0. The van der Waals surface area contributed by atoms with Gasteiger partial charge in [-0.1, -0.05) is 56.0 Å². The van der Waals surface area contributed by atoms with Crippen molar-refractivity contribution in [2.45, 2.75) is 77.0 Å². The van der Waals surface area contributed by atoms with Crippen LogP contribution in [0.25, 0.3) is 11.8 Å². The second-order valence-electron chi connectivity index (χ2n) is 14.1. The number of benzene rings is 1. The predicted octanol–water partition coefficient (Wildman–Crippen LogP) is 7.72. The summed E-state index contributed by atoms with van der Waals surface area (Å²) in [6.45, 7) is 10.2. The van der Waals surface area contributed by atoms with Gasteiger partial charge >= 0.3 is 0 Å². The summed E-state index contributed by atoms with van der Waals surface area (Å²) in [5.41, 5.74) is 5.05. The lowest BCUT2D eigenvalue weighted by atomic mass is 9.46. The Morgan fingerprint density at radius 1 is 1.24 bits per heavy atom. The van der Waals surface area contributed by atoms with Gasteiger partial charge in [-0.05, 0) is 110 Å². The Morgan fingerprint density at radius 3 is 2.82 bits per heavy atom. The number of oxazole rings is 1. The number of nitrogens with zero attached hydrogens (tertiary/aromatic N) is 3. The Bertz CT molecular complexity index is 1690. The molecule has 0 spiro atoms. The summed E-state index contributed by atoms with van der Waals surface area (Å²) in [6, 6.07) is 6.51. The van der Waals surface area contributed by atoms with E-state index in [1.54, 1.807) is 18.2 Å². The summed E-state index contributed by atoms with van der Waals surface area (Å²) in [4.78, 5) is 18.3. The zero-order valence-electron chi connectivity index (χ0n) is 26.3. The van der Waals surface area contributed by atoms with E-state index in [4.69, 9.17) is 9.52 Å². The molecule has 0 bridgehead atoms. The van der Waals surface area contributed by atoms with E-state index in [0.717, 1.165) is 55.6 Å². The van der Waals surface area contributed by atoms with Crippen LogP contribution in [0.3, 0.4) is 0 Å². The van der Waals surface area contributed by atoms with Gasteiger partial charge in [0.1, 0.15) is 11.6 Å². The van der Waals surface area contributed by atoms with Crippen molar-refractivity contribution in [1.29, 1.82) is 0 Å². The lowest BCUT2D eigenvalue weighted by molar-refractivity contribution is -0.140. The highest BCUT2D eigenvalue weighted by atomic mass is 32.2. The molecule has 236 valence electrons. The highest BCUT2D eigenvalue weighted by Gasteiger charge is 2.62. The van der Waals surface area contributed by atoms with Crippen molar-refractivity contribution in [3.8, 4) is 5.69 Å². The van der Waals surface area contributed by atoms with Gasteiger partial charge in [-0.25, -0.2) is 14.1 Å². The number of allylic oxidation sites excluding steroid dienone is 4. The molecule has 3 aromatic rings.